The van der Waals surface area contributed by atoms with Crippen molar-refractivity contribution < 1.29 is 28.0 Å². The van der Waals surface area contributed by atoms with Crippen molar-refractivity contribution >= 4 is 11.5 Å². The van der Waals surface area contributed by atoms with E-state index in [9.17, 15) is 23.7 Å². The van der Waals surface area contributed by atoms with Crippen LogP contribution in [0, 0.1) is 17.0 Å². The zero-order valence-corrected chi connectivity index (χ0v) is 12.6. The summed E-state index contributed by atoms with van der Waals surface area (Å²) < 4.78 is 33.5. The van der Waals surface area contributed by atoms with Gasteiger partial charge in [-0.25, -0.2) is 0 Å². The Bertz CT molecular complexity index is 747. The van der Waals surface area contributed by atoms with Gasteiger partial charge in [-0.15, -0.1) is 0 Å². The summed E-state index contributed by atoms with van der Waals surface area (Å²) in [5, 5.41) is 11.0. The Kier molecular flexibility index (Phi) is 5.41. The largest absolute Gasteiger partial charge is 0.478 e. The summed E-state index contributed by atoms with van der Waals surface area (Å²) in [6.07, 6.45) is 0. The number of benzene rings is 2. The number of nitro groups is 1. The van der Waals surface area contributed by atoms with Crippen LogP contribution in [0.1, 0.15) is 15.9 Å². The number of hydrogen-bond acceptors (Lipinski definition) is 5. The molecule has 8 heteroatoms. The lowest BCUT2D eigenvalue weighted by Gasteiger charge is -2.08. The van der Waals surface area contributed by atoms with E-state index in [1.165, 1.54) is 36.4 Å². The quantitative estimate of drug-likeness (QED) is 0.436. The number of aryl methyl sites for hydroxylation is 1. The number of alkyl halides is 2. The van der Waals surface area contributed by atoms with Crippen molar-refractivity contribution in [2.45, 2.75) is 13.5 Å². The minimum Gasteiger partial charge on any atom is -0.478 e. The Balaban J connectivity index is 2.04. The van der Waals surface area contributed by atoms with Gasteiger partial charge in [-0.05, 0) is 42.8 Å². The van der Waals surface area contributed by atoms with Crippen molar-refractivity contribution in [3.63, 3.8) is 0 Å². The van der Waals surface area contributed by atoms with E-state index in [0.717, 1.165) is 0 Å². The second kappa shape index (κ2) is 7.49. The van der Waals surface area contributed by atoms with Gasteiger partial charge in [0.25, 0.3) is 0 Å². The van der Waals surface area contributed by atoms with Gasteiger partial charge in [0.1, 0.15) is 5.75 Å². The molecule has 0 bridgehead atoms. The van der Waals surface area contributed by atoms with Gasteiger partial charge in [0.05, 0.1) is 4.92 Å². The first kappa shape index (κ1) is 17.3. The van der Waals surface area contributed by atoms with Gasteiger partial charge in [-0.3, -0.25) is 14.9 Å². The average Bonchev–Trinajstić information content (AvgIpc) is 2.53. The van der Waals surface area contributed by atoms with Crippen molar-refractivity contribution in [1.29, 1.82) is 0 Å². The highest BCUT2D eigenvalue weighted by molar-refractivity contribution is 5.97. The van der Waals surface area contributed by atoms with Crippen LogP contribution in [0.4, 0.5) is 14.5 Å². The van der Waals surface area contributed by atoms with Crippen molar-refractivity contribution in [3.8, 4) is 11.5 Å². The van der Waals surface area contributed by atoms with Crippen LogP contribution in [0.15, 0.2) is 42.5 Å². The first-order valence-corrected chi connectivity index (χ1v) is 6.82. The Morgan fingerprint density at radius 2 is 1.88 bits per heavy atom. The topological polar surface area (TPSA) is 78.7 Å². The van der Waals surface area contributed by atoms with Crippen LogP contribution in [0.3, 0.4) is 0 Å². The first-order valence-electron chi connectivity index (χ1n) is 6.82. The van der Waals surface area contributed by atoms with Crippen LogP contribution in [0.2, 0.25) is 0 Å². The number of rotatable bonds is 7. The Hall–Kier alpha value is -3.03. The Morgan fingerprint density at radius 1 is 1.21 bits per heavy atom. The molecule has 0 aromatic heterocycles. The average molecular weight is 337 g/mol. The molecule has 6 nitrogen and oxygen atoms in total. The van der Waals surface area contributed by atoms with Gasteiger partial charge in [0.2, 0.25) is 0 Å². The normalized spacial score (nSPS) is 10.5. The summed E-state index contributed by atoms with van der Waals surface area (Å²) in [7, 11) is 0. The number of hydrogen-bond donors (Lipinski definition) is 0. The molecule has 0 spiro atoms. The predicted molar refractivity (Wildman–Crippen MR) is 80.7 cm³/mol. The fourth-order valence-corrected chi connectivity index (χ4v) is 1.94. The van der Waals surface area contributed by atoms with Gasteiger partial charge in [-0.2, -0.15) is 8.78 Å². The van der Waals surface area contributed by atoms with Crippen LogP contribution in [0.25, 0.3) is 0 Å². The lowest BCUT2D eigenvalue weighted by atomic mass is 10.1. The van der Waals surface area contributed by atoms with Gasteiger partial charge in [0.15, 0.2) is 18.1 Å². The molecule has 0 aliphatic rings. The third-order valence-corrected chi connectivity index (χ3v) is 3.07. The highest BCUT2D eigenvalue weighted by atomic mass is 19.3. The number of halogens is 2. The number of nitrogens with zero attached hydrogens (tertiary/aromatic N) is 1. The molecule has 0 atom stereocenters. The Morgan fingerprint density at radius 3 is 2.46 bits per heavy atom. The summed E-state index contributed by atoms with van der Waals surface area (Å²) >= 11 is 0. The van der Waals surface area contributed by atoms with E-state index in [0.29, 0.717) is 5.56 Å². The predicted octanol–water partition coefficient (Wildman–Crippen LogP) is 3.77. The second-order valence-corrected chi connectivity index (χ2v) is 4.84. The Labute approximate surface area is 135 Å². The molecular weight excluding hydrogens is 324 g/mol. The second-order valence-electron chi connectivity index (χ2n) is 4.84. The molecule has 0 fully saturated rings. The molecule has 0 saturated heterocycles. The summed E-state index contributed by atoms with van der Waals surface area (Å²) in [5.74, 6) is -0.540. The zero-order chi connectivity index (χ0) is 17.7. The number of ether oxygens (including phenoxy) is 2. The molecule has 0 unspecified atom stereocenters. The standard InChI is InChI=1S/C16H13F2NO5/c1-10-2-7-15(13(8-10)19(21)22)23-9-14(20)11-3-5-12(6-4-11)24-16(17)18/h2-8,16H,9H2,1H3. The van der Waals surface area contributed by atoms with Gasteiger partial charge in [0, 0.05) is 11.6 Å². The monoisotopic (exact) mass is 337 g/mol. The van der Waals surface area contributed by atoms with E-state index in [1.54, 1.807) is 13.0 Å². The SMILES string of the molecule is Cc1ccc(OCC(=O)c2ccc(OC(F)F)cc2)c([N+](=O)[O-])c1. The third kappa shape index (κ3) is 4.48. The van der Waals surface area contributed by atoms with E-state index in [2.05, 4.69) is 4.74 Å². The molecule has 0 aliphatic heterocycles. The summed E-state index contributed by atoms with van der Waals surface area (Å²) in [6, 6.07) is 9.47. The number of carbonyl (C=O) groups is 1. The molecule has 0 aliphatic carbocycles. The number of Topliss-reactive ketones (excluding diaryl/α,β-unsaturated/α-hetero) is 1. The molecule has 126 valence electrons. The molecule has 0 amide bonds. The van der Waals surface area contributed by atoms with Crippen LogP contribution in [0.5, 0.6) is 11.5 Å². The molecule has 2 aromatic carbocycles. The molecule has 0 heterocycles. The van der Waals surface area contributed by atoms with Crippen molar-refractivity contribution in [2.75, 3.05) is 6.61 Å². The summed E-state index contributed by atoms with van der Waals surface area (Å²) in [6.45, 7) is -1.67. The van der Waals surface area contributed by atoms with Gasteiger partial charge < -0.3 is 9.47 Å². The third-order valence-electron chi connectivity index (χ3n) is 3.07. The van der Waals surface area contributed by atoms with E-state index in [4.69, 9.17) is 4.74 Å². The molecule has 0 radical (unpaired) electrons. The van der Waals surface area contributed by atoms with Gasteiger partial charge in [-0.1, -0.05) is 6.07 Å². The van der Waals surface area contributed by atoms with Crippen LogP contribution >= 0.6 is 0 Å². The smallest absolute Gasteiger partial charge is 0.387 e. The molecular formula is C16H13F2NO5. The molecule has 0 saturated carbocycles. The van der Waals surface area contributed by atoms with Gasteiger partial charge >= 0.3 is 12.3 Å². The van der Waals surface area contributed by atoms with Crippen LogP contribution in [-0.4, -0.2) is 23.9 Å². The first-order chi connectivity index (χ1) is 11.4. The lowest BCUT2D eigenvalue weighted by molar-refractivity contribution is -0.385. The number of ketones is 1. The van der Waals surface area contributed by atoms with E-state index in [-0.39, 0.29) is 22.7 Å². The lowest BCUT2D eigenvalue weighted by Crippen LogP contribution is -2.12. The van der Waals surface area contributed by atoms with E-state index >= 15 is 0 Å². The van der Waals surface area contributed by atoms with Crippen LogP contribution < -0.4 is 9.47 Å². The number of carbonyl (C=O) groups excluding carboxylic acids is 1. The maximum atomic E-state index is 12.1. The van der Waals surface area contributed by atoms with E-state index < -0.39 is 23.9 Å². The molecule has 2 rings (SSSR count). The maximum Gasteiger partial charge on any atom is 0.387 e. The maximum absolute atomic E-state index is 12.1. The minimum atomic E-state index is -2.95. The van der Waals surface area contributed by atoms with E-state index in [1.807, 2.05) is 0 Å². The van der Waals surface area contributed by atoms with Crippen molar-refractivity contribution in [3.05, 3.63) is 63.7 Å². The highest BCUT2D eigenvalue weighted by Gasteiger charge is 2.17. The highest BCUT2D eigenvalue weighted by Crippen LogP contribution is 2.27. The fourth-order valence-electron chi connectivity index (χ4n) is 1.94. The minimum absolute atomic E-state index is 0.0170. The fraction of sp³-hybridized carbons (Fsp3) is 0.188. The summed E-state index contributed by atoms with van der Waals surface area (Å²) in [5.41, 5.74) is 0.671. The molecule has 2 aromatic rings. The van der Waals surface area contributed by atoms with Crippen molar-refractivity contribution in [2.24, 2.45) is 0 Å². The van der Waals surface area contributed by atoms with Crippen molar-refractivity contribution in [1.82, 2.24) is 0 Å². The zero-order valence-electron chi connectivity index (χ0n) is 12.6. The van der Waals surface area contributed by atoms with Crippen LogP contribution in [-0.2, 0) is 0 Å². The summed E-state index contributed by atoms with van der Waals surface area (Å²) in [4.78, 5) is 22.4. The molecule has 24 heavy (non-hydrogen) atoms. The number of nitro benzene ring substituents is 1. The molecule has 0 N–H and O–H groups in total.